The molecule has 124 valence electrons. The van der Waals surface area contributed by atoms with Crippen molar-refractivity contribution >= 4 is 17.6 Å². The molecule has 1 aromatic carbocycles. The van der Waals surface area contributed by atoms with Crippen molar-refractivity contribution in [2.45, 2.75) is 13.1 Å². The lowest BCUT2D eigenvalue weighted by molar-refractivity contribution is 0.205. The van der Waals surface area contributed by atoms with Crippen LogP contribution in [0.4, 0.5) is 4.79 Å². The van der Waals surface area contributed by atoms with E-state index in [1.54, 1.807) is 30.3 Å². The molecule has 0 atom stereocenters. The van der Waals surface area contributed by atoms with Crippen LogP contribution < -0.4 is 10.1 Å². The molecule has 0 unspecified atom stereocenters. The summed E-state index contributed by atoms with van der Waals surface area (Å²) in [6.45, 7) is 0.793. The van der Waals surface area contributed by atoms with Crippen LogP contribution in [0.5, 0.6) is 11.5 Å². The van der Waals surface area contributed by atoms with Crippen molar-refractivity contribution in [3.05, 3.63) is 46.7 Å². The molecule has 0 bridgehead atoms. The molecule has 2 amide bonds. The molecule has 0 saturated heterocycles. The third-order valence-electron chi connectivity index (χ3n) is 3.51. The van der Waals surface area contributed by atoms with Crippen LogP contribution in [0.2, 0.25) is 5.02 Å². The maximum Gasteiger partial charge on any atom is 0.317 e. The predicted molar refractivity (Wildman–Crippen MR) is 88.8 cm³/mol. The number of methoxy groups -OCH3 is 1. The molecule has 0 radical (unpaired) electrons. The van der Waals surface area contributed by atoms with Crippen LogP contribution in [0.1, 0.15) is 11.3 Å². The first-order valence-electron chi connectivity index (χ1n) is 7.06. The number of aryl methyl sites for hydroxylation is 1. The molecule has 2 N–H and O–H groups in total. The number of benzene rings is 1. The number of ether oxygens (including phenoxy) is 1. The Balaban J connectivity index is 1.92. The second-order valence-electron chi connectivity index (χ2n) is 5.28. The van der Waals surface area contributed by atoms with Gasteiger partial charge in [0.25, 0.3) is 0 Å². The van der Waals surface area contributed by atoms with Gasteiger partial charge in [-0.1, -0.05) is 17.7 Å². The molecule has 6 nitrogen and oxygen atoms in total. The maximum atomic E-state index is 12.2. The van der Waals surface area contributed by atoms with Crippen molar-refractivity contribution in [1.29, 1.82) is 0 Å². The van der Waals surface area contributed by atoms with Crippen molar-refractivity contribution in [2.75, 3.05) is 14.2 Å². The van der Waals surface area contributed by atoms with Gasteiger partial charge in [-0.25, -0.2) is 4.79 Å². The van der Waals surface area contributed by atoms with Crippen LogP contribution >= 0.6 is 11.6 Å². The van der Waals surface area contributed by atoms with Gasteiger partial charge in [0.05, 0.1) is 18.7 Å². The van der Waals surface area contributed by atoms with Crippen molar-refractivity contribution in [2.24, 2.45) is 7.05 Å². The van der Waals surface area contributed by atoms with E-state index in [1.165, 1.54) is 13.2 Å². The molecule has 2 aromatic rings. The normalized spacial score (nSPS) is 10.4. The number of hydrogen-bond donors (Lipinski definition) is 2. The van der Waals surface area contributed by atoms with Gasteiger partial charge in [-0.15, -0.1) is 0 Å². The van der Waals surface area contributed by atoms with Crippen LogP contribution in [-0.4, -0.2) is 34.8 Å². The highest BCUT2D eigenvalue weighted by Crippen LogP contribution is 2.26. The summed E-state index contributed by atoms with van der Waals surface area (Å²) >= 11 is 5.94. The molecule has 0 aliphatic rings. The number of urea groups is 1. The molecule has 0 aliphatic heterocycles. The Bertz CT molecular complexity index is 700. The summed E-state index contributed by atoms with van der Waals surface area (Å²) in [5.41, 5.74) is 1.78. The topological polar surface area (TPSA) is 66.7 Å². The number of aromatic nitrogens is 1. The largest absolute Gasteiger partial charge is 0.504 e. The van der Waals surface area contributed by atoms with E-state index in [0.29, 0.717) is 23.9 Å². The minimum absolute atomic E-state index is 0.0697. The Hall–Kier alpha value is -2.34. The number of rotatable bonds is 5. The molecule has 0 saturated carbocycles. The molecule has 7 heteroatoms. The summed E-state index contributed by atoms with van der Waals surface area (Å²) in [5, 5.41) is 13.0. The fourth-order valence-electron chi connectivity index (χ4n) is 2.18. The zero-order valence-corrected chi connectivity index (χ0v) is 14.1. The average molecular weight is 338 g/mol. The van der Waals surface area contributed by atoms with E-state index in [2.05, 4.69) is 5.32 Å². The van der Waals surface area contributed by atoms with Crippen LogP contribution in [0, 0.1) is 0 Å². The lowest BCUT2D eigenvalue weighted by Gasteiger charge is -2.18. The number of halogens is 1. The first kappa shape index (κ1) is 17.0. The Kier molecular flexibility index (Phi) is 5.39. The standard InChI is InChI=1S/C16H20ClN3O3/c1-19-9-12(17)7-13(19)10-20(2)16(22)18-8-11-4-5-14(21)15(6-11)23-3/h4-7,9,21H,8,10H2,1-3H3,(H,18,22). The summed E-state index contributed by atoms with van der Waals surface area (Å²) in [4.78, 5) is 13.7. The molecule has 0 spiro atoms. The van der Waals surface area contributed by atoms with E-state index < -0.39 is 0 Å². The third kappa shape index (κ3) is 4.32. The lowest BCUT2D eigenvalue weighted by Crippen LogP contribution is -2.36. The van der Waals surface area contributed by atoms with E-state index in [-0.39, 0.29) is 11.8 Å². The monoisotopic (exact) mass is 337 g/mol. The van der Waals surface area contributed by atoms with Gasteiger partial charge < -0.3 is 24.6 Å². The highest BCUT2D eigenvalue weighted by molar-refractivity contribution is 6.30. The molecule has 0 aliphatic carbocycles. The minimum atomic E-state index is -0.200. The number of phenolic OH excluding ortho intramolecular Hbond substituents is 1. The smallest absolute Gasteiger partial charge is 0.317 e. The molecular weight excluding hydrogens is 318 g/mol. The quantitative estimate of drug-likeness (QED) is 0.881. The zero-order valence-electron chi connectivity index (χ0n) is 13.3. The zero-order chi connectivity index (χ0) is 17.0. The van der Waals surface area contributed by atoms with E-state index in [0.717, 1.165) is 11.3 Å². The van der Waals surface area contributed by atoms with E-state index in [9.17, 15) is 9.90 Å². The summed E-state index contributed by atoms with van der Waals surface area (Å²) < 4.78 is 6.93. The van der Waals surface area contributed by atoms with Crippen LogP contribution in [0.25, 0.3) is 0 Å². The second-order valence-corrected chi connectivity index (χ2v) is 5.72. The fourth-order valence-corrected chi connectivity index (χ4v) is 2.46. The number of hydrogen-bond acceptors (Lipinski definition) is 3. The van der Waals surface area contributed by atoms with E-state index >= 15 is 0 Å². The molecule has 23 heavy (non-hydrogen) atoms. The van der Waals surface area contributed by atoms with Gasteiger partial charge in [0.1, 0.15) is 0 Å². The SMILES string of the molecule is COc1cc(CNC(=O)N(C)Cc2cc(Cl)cn2C)ccc1O. The number of carbonyl (C=O) groups excluding carboxylic acids is 1. The number of phenols is 1. The highest BCUT2D eigenvalue weighted by Gasteiger charge is 2.12. The van der Waals surface area contributed by atoms with Gasteiger partial charge in [-0.05, 0) is 23.8 Å². The Morgan fingerprint density at radius 1 is 1.43 bits per heavy atom. The molecule has 2 rings (SSSR count). The number of amides is 2. The Morgan fingerprint density at radius 3 is 2.78 bits per heavy atom. The molecule has 0 fully saturated rings. The summed E-state index contributed by atoms with van der Waals surface area (Å²) in [6.07, 6.45) is 1.80. The first-order chi connectivity index (χ1) is 10.9. The van der Waals surface area contributed by atoms with Crippen molar-refractivity contribution in [3.8, 4) is 11.5 Å². The maximum absolute atomic E-state index is 12.2. The predicted octanol–water partition coefficient (Wildman–Crippen LogP) is 2.73. The molecular formula is C16H20ClN3O3. The summed E-state index contributed by atoms with van der Waals surface area (Å²) in [6, 6.07) is 6.59. The number of aromatic hydroxyl groups is 1. The van der Waals surface area contributed by atoms with E-state index in [1.807, 2.05) is 17.7 Å². The van der Waals surface area contributed by atoms with Gasteiger partial charge in [0, 0.05) is 32.5 Å². The third-order valence-corrected chi connectivity index (χ3v) is 3.71. The minimum Gasteiger partial charge on any atom is -0.504 e. The second kappa shape index (κ2) is 7.28. The van der Waals surface area contributed by atoms with E-state index in [4.69, 9.17) is 16.3 Å². The number of nitrogens with one attached hydrogen (secondary N) is 1. The van der Waals surface area contributed by atoms with Gasteiger partial charge >= 0.3 is 6.03 Å². The van der Waals surface area contributed by atoms with Crippen LogP contribution in [0.3, 0.4) is 0 Å². The van der Waals surface area contributed by atoms with Crippen molar-refractivity contribution in [3.63, 3.8) is 0 Å². The fraction of sp³-hybridized carbons (Fsp3) is 0.312. The van der Waals surface area contributed by atoms with Gasteiger partial charge in [-0.3, -0.25) is 0 Å². The number of carbonyl (C=O) groups is 1. The highest BCUT2D eigenvalue weighted by atomic mass is 35.5. The summed E-state index contributed by atoms with van der Waals surface area (Å²) in [7, 11) is 5.08. The summed E-state index contributed by atoms with van der Waals surface area (Å²) in [5.74, 6) is 0.448. The average Bonchev–Trinajstić information content (AvgIpc) is 2.83. The van der Waals surface area contributed by atoms with Crippen molar-refractivity contribution in [1.82, 2.24) is 14.8 Å². The van der Waals surface area contributed by atoms with Crippen LogP contribution in [-0.2, 0) is 20.1 Å². The number of nitrogens with zero attached hydrogens (tertiary/aromatic N) is 2. The van der Waals surface area contributed by atoms with Gasteiger partial charge in [0.2, 0.25) is 0 Å². The Morgan fingerprint density at radius 2 is 2.17 bits per heavy atom. The van der Waals surface area contributed by atoms with Gasteiger partial charge in [0.15, 0.2) is 11.5 Å². The molecule has 1 heterocycles. The lowest BCUT2D eigenvalue weighted by atomic mass is 10.2. The van der Waals surface area contributed by atoms with Crippen molar-refractivity contribution < 1.29 is 14.6 Å². The Labute approximate surface area is 140 Å². The van der Waals surface area contributed by atoms with Crippen LogP contribution in [0.15, 0.2) is 30.5 Å². The first-order valence-corrected chi connectivity index (χ1v) is 7.44. The van der Waals surface area contributed by atoms with Gasteiger partial charge in [-0.2, -0.15) is 0 Å². The molecule has 1 aromatic heterocycles.